The molecule has 0 aromatic rings. The average Bonchev–Trinajstić information content (AvgIpc) is 2.82. The van der Waals surface area contributed by atoms with Crippen LogP contribution in [0.15, 0.2) is 0 Å². The summed E-state index contributed by atoms with van der Waals surface area (Å²) in [6.07, 6.45) is 6.29. The van der Waals surface area contributed by atoms with Crippen LogP contribution in [0.1, 0.15) is 45.4 Å². The Morgan fingerprint density at radius 2 is 2.22 bits per heavy atom. The van der Waals surface area contributed by atoms with Gasteiger partial charge in [-0.1, -0.05) is 6.92 Å². The highest BCUT2D eigenvalue weighted by atomic mass is 16.5. The number of nitrogens with two attached hydrogens (primary N) is 1. The first kappa shape index (κ1) is 13.8. The maximum absolute atomic E-state index is 12.4. The van der Waals surface area contributed by atoms with Gasteiger partial charge in [-0.25, -0.2) is 0 Å². The van der Waals surface area contributed by atoms with E-state index < -0.39 is 0 Å². The van der Waals surface area contributed by atoms with Gasteiger partial charge >= 0.3 is 0 Å². The Labute approximate surface area is 110 Å². The van der Waals surface area contributed by atoms with E-state index in [-0.39, 0.29) is 18.1 Å². The number of piperidine rings is 1. The molecule has 2 N–H and O–H groups in total. The van der Waals surface area contributed by atoms with Gasteiger partial charge in [0, 0.05) is 31.7 Å². The summed E-state index contributed by atoms with van der Waals surface area (Å²) in [4.78, 5) is 14.4. The van der Waals surface area contributed by atoms with Crippen molar-refractivity contribution < 1.29 is 9.53 Å². The summed E-state index contributed by atoms with van der Waals surface area (Å²) in [5, 5.41) is 0. The third-order valence-corrected chi connectivity index (χ3v) is 4.07. The van der Waals surface area contributed by atoms with Crippen molar-refractivity contribution >= 4 is 5.91 Å². The highest BCUT2D eigenvalue weighted by Gasteiger charge is 2.33. The van der Waals surface area contributed by atoms with Crippen molar-refractivity contribution in [3.8, 4) is 0 Å². The Hall–Kier alpha value is -0.610. The third-order valence-electron chi connectivity index (χ3n) is 4.07. The number of rotatable bonds is 4. The fraction of sp³-hybridized carbons (Fsp3) is 0.929. The number of hydrogen-bond acceptors (Lipinski definition) is 3. The zero-order valence-corrected chi connectivity index (χ0v) is 11.4. The Morgan fingerprint density at radius 3 is 2.89 bits per heavy atom. The van der Waals surface area contributed by atoms with Gasteiger partial charge in [-0.15, -0.1) is 0 Å². The number of nitrogens with zero attached hydrogens (tertiary/aromatic N) is 1. The lowest BCUT2D eigenvalue weighted by Gasteiger charge is -2.34. The zero-order chi connectivity index (χ0) is 13.0. The van der Waals surface area contributed by atoms with Gasteiger partial charge in [-0.3, -0.25) is 4.79 Å². The minimum Gasteiger partial charge on any atom is -0.376 e. The second-order valence-corrected chi connectivity index (χ2v) is 5.69. The van der Waals surface area contributed by atoms with E-state index in [9.17, 15) is 4.79 Å². The van der Waals surface area contributed by atoms with E-state index in [1.54, 1.807) is 0 Å². The van der Waals surface area contributed by atoms with Crippen molar-refractivity contribution in [1.82, 2.24) is 4.90 Å². The number of amides is 1. The molecule has 0 spiro atoms. The highest BCUT2D eigenvalue weighted by Crippen LogP contribution is 2.27. The van der Waals surface area contributed by atoms with Crippen molar-refractivity contribution in [1.29, 1.82) is 0 Å². The van der Waals surface area contributed by atoms with Crippen LogP contribution in [0.4, 0.5) is 0 Å². The summed E-state index contributed by atoms with van der Waals surface area (Å²) < 4.78 is 5.78. The Kier molecular flexibility index (Phi) is 5.01. The van der Waals surface area contributed by atoms with Gasteiger partial charge in [0.2, 0.25) is 5.91 Å². The molecule has 18 heavy (non-hydrogen) atoms. The molecule has 3 unspecified atom stereocenters. The first-order valence-corrected chi connectivity index (χ1v) is 7.36. The molecule has 0 aromatic carbocycles. The summed E-state index contributed by atoms with van der Waals surface area (Å²) in [6.45, 7) is 4.60. The topological polar surface area (TPSA) is 55.6 Å². The fourth-order valence-corrected chi connectivity index (χ4v) is 3.06. The van der Waals surface area contributed by atoms with Crippen LogP contribution in [0.3, 0.4) is 0 Å². The van der Waals surface area contributed by atoms with Crippen LogP contribution in [0.25, 0.3) is 0 Å². The summed E-state index contributed by atoms with van der Waals surface area (Å²) >= 11 is 0. The van der Waals surface area contributed by atoms with E-state index in [1.165, 1.54) is 0 Å². The van der Waals surface area contributed by atoms with Crippen LogP contribution in [0, 0.1) is 5.92 Å². The average molecular weight is 254 g/mol. The summed E-state index contributed by atoms with van der Waals surface area (Å²) in [6, 6.07) is 0.232. The Bertz CT molecular complexity index is 283. The minimum absolute atomic E-state index is 0.171. The molecule has 1 saturated heterocycles. The van der Waals surface area contributed by atoms with E-state index in [1.807, 2.05) is 4.90 Å². The first-order chi connectivity index (χ1) is 8.70. The van der Waals surface area contributed by atoms with Gasteiger partial charge in [-0.05, 0) is 38.5 Å². The van der Waals surface area contributed by atoms with E-state index in [2.05, 4.69) is 6.92 Å². The van der Waals surface area contributed by atoms with E-state index in [0.29, 0.717) is 5.91 Å². The second kappa shape index (κ2) is 6.53. The van der Waals surface area contributed by atoms with Crippen molar-refractivity contribution in [3.63, 3.8) is 0 Å². The molecule has 4 nitrogen and oxygen atoms in total. The quantitative estimate of drug-likeness (QED) is 0.828. The molecule has 3 atom stereocenters. The SMILES string of the molecule is CCCOC1CCCN(C(=O)C2CCC(N)C2)C1. The Morgan fingerprint density at radius 1 is 1.39 bits per heavy atom. The van der Waals surface area contributed by atoms with Crippen LogP contribution >= 0.6 is 0 Å². The summed E-state index contributed by atoms with van der Waals surface area (Å²) in [7, 11) is 0. The third kappa shape index (κ3) is 3.45. The predicted molar refractivity (Wildman–Crippen MR) is 71.2 cm³/mol. The predicted octanol–water partition coefficient (Wildman–Crippen LogP) is 1.53. The normalized spacial score (nSPS) is 32.8. The molecule has 1 aliphatic carbocycles. The molecule has 0 bridgehead atoms. The van der Waals surface area contributed by atoms with Gasteiger partial charge in [0.1, 0.15) is 0 Å². The molecule has 1 saturated carbocycles. The van der Waals surface area contributed by atoms with E-state index in [4.69, 9.17) is 10.5 Å². The van der Waals surface area contributed by atoms with Crippen molar-refractivity contribution in [3.05, 3.63) is 0 Å². The molecule has 2 rings (SSSR count). The van der Waals surface area contributed by atoms with Gasteiger partial charge in [0.25, 0.3) is 0 Å². The first-order valence-electron chi connectivity index (χ1n) is 7.36. The zero-order valence-electron chi connectivity index (χ0n) is 11.4. The largest absolute Gasteiger partial charge is 0.376 e. The van der Waals surface area contributed by atoms with Crippen molar-refractivity contribution in [2.75, 3.05) is 19.7 Å². The number of carbonyl (C=O) groups is 1. The maximum atomic E-state index is 12.4. The van der Waals surface area contributed by atoms with Gasteiger partial charge in [0.05, 0.1) is 6.10 Å². The number of carbonyl (C=O) groups excluding carboxylic acids is 1. The molecule has 1 aliphatic heterocycles. The second-order valence-electron chi connectivity index (χ2n) is 5.69. The molecular formula is C14H26N2O2. The standard InChI is InChI=1S/C14H26N2O2/c1-2-8-18-13-4-3-7-16(10-13)14(17)11-5-6-12(15)9-11/h11-13H,2-10,15H2,1H3. The lowest BCUT2D eigenvalue weighted by molar-refractivity contribution is -0.139. The molecule has 2 fully saturated rings. The van der Waals surface area contributed by atoms with E-state index >= 15 is 0 Å². The van der Waals surface area contributed by atoms with Crippen LogP contribution in [-0.4, -0.2) is 42.6 Å². The monoisotopic (exact) mass is 254 g/mol. The van der Waals surface area contributed by atoms with Crippen LogP contribution in [-0.2, 0) is 9.53 Å². The van der Waals surface area contributed by atoms with Crippen LogP contribution < -0.4 is 5.73 Å². The smallest absolute Gasteiger partial charge is 0.225 e. The number of likely N-dealkylation sites (tertiary alicyclic amines) is 1. The van der Waals surface area contributed by atoms with E-state index in [0.717, 1.165) is 58.2 Å². The minimum atomic E-state index is 0.171. The molecule has 4 heteroatoms. The lowest BCUT2D eigenvalue weighted by Crippen LogP contribution is -2.45. The molecule has 0 aromatic heterocycles. The van der Waals surface area contributed by atoms with Crippen LogP contribution in [0.2, 0.25) is 0 Å². The van der Waals surface area contributed by atoms with Crippen molar-refractivity contribution in [2.24, 2.45) is 11.7 Å². The highest BCUT2D eigenvalue weighted by molar-refractivity contribution is 5.79. The molecule has 104 valence electrons. The Balaban J connectivity index is 1.82. The molecule has 2 aliphatic rings. The van der Waals surface area contributed by atoms with Gasteiger partial charge < -0.3 is 15.4 Å². The molecular weight excluding hydrogens is 228 g/mol. The number of hydrogen-bond donors (Lipinski definition) is 1. The van der Waals surface area contributed by atoms with Crippen LogP contribution in [0.5, 0.6) is 0 Å². The fourth-order valence-electron chi connectivity index (χ4n) is 3.06. The summed E-state index contributed by atoms with van der Waals surface area (Å²) in [5.41, 5.74) is 5.89. The molecule has 0 radical (unpaired) electrons. The maximum Gasteiger partial charge on any atom is 0.225 e. The van der Waals surface area contributed by atoms with Gasteiger partial charge in [0.15, 0.2) is 0 Å². The van der Waals surface area contributed by atoms with Gasteiger partial charge in [-0.2, -0.15) is 0 Å². The number of ether oxygens (including phenoxy) is 1. The lowest BCUT2D eigenvalue weighted by atomic mass is 10.0. The summed E-state index contributed by atoms with van der Waals surface area (Å²) in [5.74, 6) is 0.484. The molecule has 1 heterocycles. The molecule has 1 amide bonds. The van der Waals surface area contributed by atoms with Crippen molar-refractivity contribution in [2.45, 2.75) is 57.6 Å².